The maximum atomic E-state index is 5.27. The number of nitrogens with zero attached hydrogens (tertiary/aromatic N) is 2. The van der Waals surface area contributed by atoms with Crippen LogP contribution in [0.3, 0.4) is 0 Å². The van der Waals surface area contributed by atoms with Crippen molar-refractivity contribution in [2.45, 2.75) is 26.2 Å². The van der Waals surface area contributed by atoms with Gasteiger partial charge in [-0.1, -0.05) is 32.9 Å². The van der Waals surface area contributed by atoms with E-state index < -0.39 is 0 Å². The summed E-state index contributed by atoms with van der Waals surface area (Å²) < 4.78 is 6.18. The average molecular weight is 350 g/mol. The highest BCUT2D eigenvalue weighted by Crippen LogP contribution is 2.34. The monoisotopic (exact) mass is 349 g/mol. The van der Waals surface area contributed by atoms with Crippen molar-refractivity contribution >= 4 is 21.7 Å². The van der Waals surface area contributed by atoms with Crippen molar-refractivity contribution in [1.29, 1.82) is 0 Å². The Hall–Kier alpha value is -1.62. The van der Waals surface area contributed by atoms with Gasteiger partial charge in [-0.2, -0.15) is 0 Å². The molecule has 1 aromatic carbocycles. The van der Waals surface area contributed by atoms with E-state index in [1.54, 1.807) is 7.11 Å². The zero-order valence-corrected chi connectivity index (χ0v) is 14.6. The van der Waals surface area contributed by atoms with Gasteiger partial charge in [0.2, 0.25) is 0 Å². The number of benzene rings is 1. The summed E-state index contributed by atoms with van der Waals surface area (Å²) >= 11 is 3.60. The first-order valence-electron chi connectivity index (χ1n) is 6.77. The third-order valence-electron chi connectivity index (χ3n) is 3.13. The Morgan fingerprint density at radius 1 is 1.19 bits per heavy atom. The van der Waals surface area contributed by atoms with E-state index in [0.29, 0.717) is 5.82 Å². The van der Waals surface area contributed by atoms with Crippen LogP contribution in [0.5, 0.6) is 5.75 Å². The number of hydrogen-bond acceptors (Lipinski definition) is 4. The molecule has 0 atom stereocenters. The number of hydrogen-bond donors (Lipinski definition) is 1. The van der Waals surface area contributed by atoms with Gasteiger partial charge in [0.1, 0.15) is 11.6 Å². The molecular weight excluding hydrogens is 330 g/mol. The smallest absolute Gasteiger partial charge is 0.161 e. The van der Waals surface area contributed by atoms with Gasteiger partial charge in [-0.15, -0.1) is 0 Å². The van der Waals surface area contributed by atoms with Gasteiger partial charge in [0, 0.05) is 18.0 Å². The maximum Gasteiger partial charge on any atom is 0.161 e. The fourth-order valence-corrected chi connectivity index (χ4v) is 2.97. The number of nitrogens with one attached hydrogen (secondary N) is 1. The predicted molar refractivity (Wildman–Crippen MR) is 90.0 cm³/mol. The fourth-order valence-electron chi connectivity index (χ4n) is 2.00. The molecule has 0 aliphatic carbocycles. The van der Waals surface area contributed by atoms with E-state index >= 15 is 0 Å². The highest BCUT2D eigenvalue weighted by atomic mass is 79.9. The Balaban J connectivity index is 2.63. The summed E-state index contributed by atoms with van der Waals surface area (Å²) in [7, 11) is 3.51. The second-order valence-corrected chi connectivity index (χ2v) is 6.58. The molecule has 0 radical (unpaired) electrons. The van der Waals surface area contributed by atoms with Gasteiger partial charge in [-0.05, 0) is 28.1 Å². The van der Waals surface area contributed by atoms with Gasteiger partial charge in [0.25, 0.3) is 0 Å². The van der Waals surface area contributed by atoms with Crippen molar-refractivity contribution in [3.05, 3.63) is 34.4 Å². The largest absolute Gasteiger partial charge is 0.497 e. The predicted octanol–water partition coefficient (Wildman–Crippen LogP) is 4.25. The highest BCUT2D eigenvalue weighted by molar-refractivity contribution is 9.10. The second kappa shape index (κ2) is 6.02. The van der Waals surface area contributed by atoms with Crippen LogP contribution in [0.15, 0.2) is 28.7 Å². The summed E-state index contributed by atoms with van der Waals surface area (Å²) in [4.78, 5) is 9.33. The Bertz CT molecular complexity index is 650. The Morgan fingerprint density at radius 2 is 1.90 bits per heavy atom. The molecule has 0 spiro atoms. The van der Waals surface area contributed by atoms with Gasteiger partial charge in [0.15, 0.2) is 5.82 Å². The Morgan fingerprint density at radius 3 is 2.48 bits per heavy atom. The van der Waals surface area contributed by atoms with Crippen molar-refractivity contribution in [3.63, 3.8) is 0 Å². The van der Waals surface area contributed by atoms with Crippen LogP contribution < -0.4 is 10.1 Å². The molecule has 1 N–H and O–H groups in total. The molecule has 0 unspecified atom stereocenters. The Labute approximate surface area is 134 Å². The highest BCUT2D eigenvalue weighted by Gasteiger charge is 2.23. The van der Waals surface area contributed by atoms with Crippen LogP contribution in [0.2, 0.25) is 0 Å². The first-order valence-corrected chi connectivity index (χ1v) is 7.56. The first kappa shape index (κ1) is 15.8. The lowest BCUT2D eigenvalue weighted by Gasteiger charge is -2.21. The summed E-state index contributed by atoms with van der Waals surface area (Å²) in [5, 5.41) is 3.12. The molecule has 0 aliphatic rings. The van der Waals surface area contributed by atoms with Gasteiger partial charge < -0.3 is 10.1 Å². The van der Waals surface area contributed by atoms with Crippen molar-refractivity contribution in [2.75, 3.05) is 19.5 Å². The fraction of sp³-hybridized carbons (Fsp3) is 0.375. The van der Waals surface area contributed by atoms with Gasteiger partial charge in [0.05, 0.1) is 17.3 Å². The molecule has 0 saturated carbocycles. The summed E-state index contributed by atoms with van der Waals surface area (Å²) in [6.07, 6.45) is 0. The third kappa shape index (κ3) is 3.35. The first-order chi connectivity index (χ1) is 9.86. The molecule has 2 rings (SSSR count). The zero-order valence-electron chi connectivity index (χ0n) is 13.0. The summed E-state index contributed by atoms with van der Waals surface area (Å²) in [5.41, 5.74) is 1.82. The molecule has 0 fully saturated rings. The molecule has 112 valence electrons. The minimum absolute atomic E-state index is 0.0824. The topological polar surface area (TPSA) is 47.0 Å². The number of anilines is 1. The van der Waals surface area contributed by atoms with E-state index in [9.17, 15) is 0 Å². The van der Waals surface area contributed by atoms with E-state index in [1.165, 1.54) is 0 Å². The summed E-state index contributed by atoms with van der Waals surface area (Å²) in [5.74, 6) is 2.27. The van der Waals surface area contributed by atoms with Crippen LogP contribution in [0.1, 0.15) is 26.5 Å². The minimum Gasteiger partial charge on any atom is -0.497 e. The van der Waals surface area contributed by atoms with Crippen LogP contribution >= 0.6 is 15.9 Å². The molecule has 21 heavy (non-hydrogen) atoms. The van der Waals surface area contributed by atoms with E-state index in [-0.39, 0.29) is 5.41 Å². The number of methoxy groups -OCH3 is 1. The molecule has 0 saturated heterocycles. The Kier molecular flexibility index (Phi) is 4.52. The molecule has 5 heteroatoms. The van der Waals surface area contributed by atoms with Gasteiger partial charge >= 0.3 is 0 Å². The standard InChI is InChI=1S/C16H20BrN3O/c1-16(2,3)13-12(17)15(18-4)20-14(19-13)10-7-6-8-11(9-10)21-5/h6-9H,1-5H3,(H,18,19,20). The van der Waals surface area contributed by atoms with Crippen LogP contribution in [-0.2, 0) is 5.41 Å². The number of rotatable bonds is 3. The van der Waals surface area contributed by atoms with Crippen molar-refractivity contribution < 1.29 is 4.74 Å². The summed E-state index contributed by atoms with van der Waals surface area (Å²) in [6, 6.07) is 7.77. The lowest BCUT2D eigenvalue weighted by molar-refractivity contribution is 0.415. The van der Waals surface area contributed by atoms with Crippen LogP contribution in [0.25, 0.3) is 11.4 Å². The molecule has 1 heterocycles. The molecule has 2 aromatic rings. The van der Waals surface area contributed by atoms with Gasteiger partial charge in [-0.25, -0.2) is 9.97 Å². The number of aromatic nitrogens is 2. The molecular formula is C16H20BrN3O. The molecule has 1 aromatic heterocycles. The van der Waals surface area contributed by atoms with E-state index in [2.05, 4.69) is 47.0 Å². The van der Waals surface area contributed by atoms with Crippen LogP contribution in [0.4, 0.5) is 5.82 Å². The number of ether oxygens (including phenoxy) is 1. The molecule has 0 bridgehead atoms. The van der Waals surface area contributed by atoms with Crippen molar-refractivity contribution in [2.24, 2.45) is 0 Å². The third-order valence-corrected chi connectivity index (χ3v) is 3.88. The lowest BCUT2D eigenvalue weighted by Crippen LogP contribution is -2.17. The maximum absolute atomic E-state index is 5.27. The van der Waals surface area contributed by atoms with Crippen LogP contribution in [0, 0.1) is 0 Å². The average Bonchev–Trinajstić information content (AvgIpc) is 2.46. The second-order valence-electron chi connectivity index (χ2n) is 5.79. The molecule has 0 aliphatic heterocycles. The zero-order chi connectivity index (χ0) is 15.6. The molecule has 4 nitrogen and oxygen atoms in total. The summed E-state index contributed by atoms with van der Waals surface area (Å²) in [6.45, 7) is 6.40. The normalized spacial score (nSPS) is 11.3. The SMILES string of the molecule is CNc1nc(-c2cccc(OC)c2)nc(C(C)(C)C)c1Br. The van der Waals surface area contributed by atoms with E-state index in [1.807, 2.05) is 31.3 Å². The number of halogens is 1. The molecule has 0 amide bonds. The van der Waals surface area contributed by atoms with Crippen LogP contribution in [-0.4, -0.2) is 24.1 Å². The quantitative estimate of drug-likeness (QED) is 0.899. The lowest BCUT2D eigenvalue weighted by atomic mass is 9.91. The van der Waals surface area contributed by atoms with Gasteiger partial charge in [-0.3, -0.25) is 0 Å². The minimum atomic E-state index is -0.0824. The van der Waals surface area contributed by atoms with E-state index in [0.717, 1.165) is 27.3 Å². The van der Waals surface area contributed by atoms with Crippen molar-refractivity contribution in [1.82, 2.24) is 9.97 Å². The van der Waals surface area contributed by atoms with E-state index in [4.69, 9.17) is 9.72 Å². The van der Waals surface area contributed by atoms with Crippen molar-refractivity contribution in [3.8, 4) is 17.1 Å².